The van der Waals surface area contributed by atoms with Gasteiger partial charge in [-0.25, -0.2) is 4.79 Å². The van der Waals surface area contributed by atoms with Gasteiger partial charge in [0, 0.05) is 35.4 Å². The van der Waals surface area contributed by atoms with Gasteiger partial charge in [0.2, 0.25) is 0 Å². The summed E-state index contributed by atoms with van der Waals surface area (Å²) in [6.45, 7) is 2.78. The van der Waals surface area contributed by atoms with Crippen molar-refractivity contribution < 1.29 is 23.9 Å². The number of imide groups is 2. The van der Waals surface area contributed by atoms with E-state index in [4.69, 9.17) is 21.1 Å². The Morgan fingerprint density at radius 1 is 1.12 bits per heavy atom. The van der Waals surface area contributed by atoms with Gasteiger partial charge in [-0.1, -0.05) is 29.8 Å². The number of methoxy groups -OCH3 is 1. The summed E-state index contributed by atoms with van der Waals surface area (Å²) >= 11 is 6.17. The average molecular weight is 456 g/mol. The molecule has 2 aliphatic heterocycles. The highest BCUT2D eigenvalue weighted by atomic mass is 35.5. The number of urea groups is 1. The van der Waals surface area contributed by atoms with E-state index in [0.29, 0.717) is 35.1 Å². The van der Waals surface area contributed by atoms with E-state index in [9.17, 15) is 14.4 Å². The number of hydrogen-bond acceptors (Lipinski definition) is 6. The monoisotopic (exact) mass is 455 g/mol. The average Bonchev–Trinajstić information content (AvgIpc) is 2.81. The Hall–Kier alpha value is -3.36. The van der Waals surface area contributed by atoms with Crippen molar-refractivity contribution in [2.45, 2.75) is 6.54 Å². The van der Waals surface area contributed by atoms with E-state index in [2.05, 4.69) is 10.2 Å². The van der Waals surface area contributed by atoms with Gasteiger partial charge in [-0.2, -0.15) is 0 Å². The lowest BCUT2D eigenvalue weighted by molar-refractivity contribution is -0.130. The van der Waals surface area contributed by atoms with Crippen molar-refractivity contribution in [3.05, 3.63) is 64.2 Å². The molecule has 0 aromatic heterocycles. The molecular formula is C23H22ClN3O5. The Morgan fingerprint density at radius 2 is 1.88 bits per heavy atom. The molecule has 2 aliphatic rings. The molecule has 2 fully saturated rings. The summed E-state index contributed by atoms with van der Waals surface area (Å²) in [6, 6.07) is 11.7. The number of anilines is 1. The summed E-state index contributed by atoms with van der Waals surface area (Å²) in [7, 11) is 1.52. The Balaban J connectivity index is 1.63. The van der Waals surface area contributed by atoms with Crippen LogP contribution in [-0.4, -0.2) is 56.2 Å². The van der Waals surface area contributed by atoms with Crippen LogP contribution in [0, 0.1) is 0 Å². The Bertz CT molecular complexity index is 1090. The van der Waals surface area contributed by atoms with Crippen LogP contribution in [0.1, 0.15) is 11.1 Å². The molecule has 0 bridgehead atoms. The van der Waals surface area contributed by atoms with Crippen LogP contribution in [0.5, 0.6) is 5.75 Å². The smallest absolute Gasteiger partial charge is 0.331 e. The van der Waals surface area contributed by atoms with E-state index in [1.165, 1.54) is 13.2 Å². The van der Waals surface area contributed by atoms with Crippen molar-refractivity contribution in [1.82, 2.24) is 10.2 Å². The maximum Gasteiger partial charge on any atom is 0.331 e. The van der Waals surface area contributed by atoms with E-state index < -0.39 is 17.8 Å². The molecule has 8 nitrogen and oxygen atoms in total. The summed E-state index contributed by atoms with van der Waals surface area (Å²) in [5.74, 6) is -0.940. The number of nitrogens with one attached hydrogen (secondary N) is 1. The third kappa shape index (κ3) is 4.46. The predicted octanol–water partition coefficient (Wildman–Crippen LogP) is 2.85. The van der Waals surface area contributed by atoms with Gasteiger partial charge >= 0.3 is 6.03 Å². The second-order valence-electron chi connectivity index (χ2n) is 7.33. The van der Waals surface area contributed by atoms with Gasteiger partial charge in [0.15, 0.2) is 0 Å². The number of halogens is 1. The highest BCUT2D eigenvalue weighted by Crippen LogP contribution is 2.29. The van der Waals surface area contributed by atoms with Crippen LogP contribution >= 0.6 is 11.6 Å². The van der Waals surface area contributed by atoms with E-state index in [0.717, 1.165) is 23.7 Å². The van der Waals surface area contributed by atoms with Crippen LogP contribution in [0.25, 0.3) is 6.08 Å². The minimum atomic E-state index is -0.785. The molecule has 9 heteroatoms. The van der Waals surface area contributed by atoms with E-state index >= 15 is 0 Å². The lowest BCUT2D eigenvalue weighted by Gasteiger charge is -2.29. The fraction of sp³-hybridized carbons (Fsp3) is 0.261. The molecule has 2 heterocycles. The number of carbonyl (C=O) groups excluding carboxylic acids is 3. The molecule has 4 amide bonds. The van der Waals surface area contributed by atoms with Gasteiger partial charge in [0.25, 0.3) is 11.8 Å². The van der Waals surface area contributed by atoms with Crippen molar-refractivity contribution in [3.63, 3.8) is 0 Å². The number of barbiturate groups is 1. The molecule has 2 aromatic rings. The Kier molecular flexibility index (Phi) is 6.43. The minimum Gasteiger partial charge on any atom is -0.496 e. The number of nitrogens with zero attached hydrogens (tertiary/aromatic N) is 2. The van der Waals surface area contributed by atoms with Crippen molar-refractivity contribution in [2.75, 3.05) is 38.3 Å². The van der Waals surface area contributed by atoms with Crippen LogP contribution in [-0.2, 0) is 20.9 Å². The van der Waals surface area contributed by atoms with Crippen LogP contribution in [0.3, 0.4) is 0 Å². The van der Waals surface area contributed by atoms with Crippen molar-refractivity contribution in [2.24, 2.45) is 0 Å². The van der Waals surface area contributed by atoms with Gasteiger partial charge in [0.05, 0.1) is 26.9 Å². The maximum absolute atomic E-state index is 13.1. The molecule has 0 saturated carbocycles. The predicted molar refractivity (Wildman–Crippen MR) is 120 cm³/mol. The summed E-state index contributed by atoms with van der Waals surface area (Å²) in [5, 5.41) is 2.65. The lowest BCUT2D eigenvalue weighted by Crippen LogP contribution is -2.53. The molecule has 0 aliphatic carbocycles. The Morgan fingerprint density at radius 3 is 2.59 bits per heavy atom. The zero-order valence-corrected chi connectivity index (χ0v) is 18.2. The molecule has 4 rings (SSSR count). The summed E-state index contributed by atoms with van der Waals surface area (Å²) < 4.78 is 10.9. The molecule has 0 unspecified atom stereocenters. The molecule has 0 radical (unpaired) electrons. The third-order valence-corrected chi connectivity index (χ3v) is 5.73. The van der Waals surface area contributed by atoms with Crippen LogP contribution in [0.15, 0.2) is 48.0 Å². The van der Waals surface area contributed by atoms with Crippen molar-refractivity contribution in [1.29, 1.82) is 0 Å². The summed E-state index contributed by atoms with van der Waals surface area (Å²) in [5.41, 5.74) is 1.95. The lowest BCUT2D eigenvalue weighted by atomic mass is 10.0. The van der Waals surface area contributed by atoms with Gasteiger partial charge < -0.3 is 14.4 Å². The number of morpholine rings is 1. The molecule has 2 aromatic carbocycles. The largest absolute Gasteiger partial charge is 0.496 e. The molecule has 2 saturated heterocycles. The highest BCUT2D eigenvalue weighted by Gasteiger charge is 2.36. The van der Waals surface area contributed by atoms with Crippen LogP contribution in [0.2, 0.25) is 5.02 Å². The SMILES string of the molecule is COc1cc(N2CCOCC2)ccc1C=C1C(=O)NC(=O)N(Cc2ccccc2Cl)C1=O. The number of rotatable bonds is 5. The normalized spacial score (nSPS) is 18.2. The van der Waals surface area contributed by atoms with Crippen molar-refractivity contribution in [3.8, 4) is 5.75 Å². The van der Waals surface area contributed by atoms with Gasteiger partial charge in [-0.05, 0) is 29.8 Å². The molecule has 1 N–H and O–H groups in total. The molecule has 0 atom stereocenters. The molecule has 32 heavy (non-hydrogen) atoms. The zero-order valence-electron chi connectivity index (χ0n) is 17.5. The summed E-state index contributed by atoms with van der Waals surface area (Å²) in [6.07, 6.45) is 1.44. The third-order valence-electron chi connectivity index (χ3n) is 5.37. The highest BCUT2D eigenvalue weighted by molar-refractivity contribution is 6.32. The molecule has 0 spiro atoms. The number of carbonyl (C=O) groups is 3. The van der Waals surface area contributed by atoms with Crippen LogP contribution in [0.4, 0.5) is 10.5 Å². The number of hydrogen-bond donors (Lipinski definition) is 1. The number of ether oxygens (including phenoxy) is 2. The fourth-order valence-electron chi connectivity index (χ4n) is 3.63. The second-order valence-corrected chi connectivity index (χ2v) is 7.73. The first kappa shape index (κ1) is 21.9. The minimum absolute atomic E-state index is 0.0535. The maximum atomic E-state index is 13.1. The first-order valence-corrected chi connectivity index (χ1v) is 10.5. The number of benzene rings is 2. The Labute approximate surface area is 190 Å². The van der Waals surface area contributed by atoms with Gasteiger partial charge in [-0.15, -0.1) is 0 Å². The van der Waals surface area contributed by atoms with E-state index in [1.807, 2.05) is 12.1 Å². The topological polar surface area (TPSA) is 88.2 Å². The van der Waals surface area contributed by atoms with Gasteiger partial charge in [0.1, 0.15) is 11.3 Å². The first-order chi connectivity index (χ1) is 15.5. The second kappa shape index (κ2) is 9.42. The van der Waals surface area contributed by atoms with Crippen LogP contribution < -0.4 is 15.0 Å². The van der Waals surface area contributed by atoms with Gasteiger partial charge in [-0.3, -0.25) is 19.8 Å². The van der Waals surface area contributed by atoms with E-state index in [-0.39, 0.29) is 12.1 Å². The standard InChI is InChI=1S/C23H22ClN3O5/c1-31-20-13-17(26-8-10-32-11-9-26)7-6-15(20)12-18-21(28)25-23(30)27(22(18)29)14-16-4-2-3-5-19(16)24/h2-7,12-13H,8-11,14H2,1H3,(H,25,28,30). The first-order valence-electron chi connectivity index (χ1n) is 10.1. The quantitative estimate of drug-likeness (QED) is 0.551. The fourth-order valence-corrected chi connectivity index (χ4v) is 3.82. The zero-order chi connectivity index (χ0) is 22.7. The van der Waals surface area contributed by atoms with E-state index in [1.54, 1.807) is 30.3 Å². The van der Waals surface area contributed by atoms with Crippen molar-refractivity contribution >= 4 is 41.2 Å². The molecular weight excluding hydrogens is 434 g/mol. The number of amides is 4. The molecule has 166 valence electrons. The summed E-state index contributed by atoms with van der Waals surface area (Å²) in [4.78, 5) is 41.0.